The second-order valence-electron chi connectivity index (χ2n) is 7.68. The number of methoxy groups -OCH3 is 1. The van der Waals surface area contributed by atoms with E-state index in [0.29, 0.717) is 22.7 Å². The number of halogens is 1. The standard InChI is InChI=1S/C24H32FN3O.H2/c1-4-21(22-18-20(29-3)11-12-23(22)25)24-26-19(13-17-27(24)2)10-6-9-16-28-14-7-5-8-15-28;/h4,11-13,17-18H,1,5-10,14-16H2,2-3H3;1H/b24-21+;. The van der Waals surface area contributed by atoms with Crippen molar-refractivity contribution in [2.75, 3.05) is 33.8 Å². The summed E-state index contributed by atoms with van der Waals surface area (Å²) in [5.41, 5.74) is 2.14. The number of ether oxygens (including phenoxy) is 1. The number of hydrogen-bond donors (Lipinski definition) is 0. The Morgan fingerprint density at radius 2 is 2.07 bits per heavy atom. The quantitative estimate of drug-likeness (QED) is 0.541. The van der Waals surface area contributed by atoms with Gasteiger partial charge in [0.2, 0.25) is 0 Å². The van der Waals surface area contributed by atoms with Gasteiger partial charge in [-0.3, -0.25) is 0 Å². The maximum absolute atomic E-state index is 14.5. The highest BCUT2D eigenvalue weighted by Crippen LogP contribution is 2.30. The van der Waals surface area contributed by atoms with Gasteiger partial charge in [-0.15, -0.1) is 0 Å². The Bertz CT molecular complexity index is 813. The molecule has 3 rings (SSSR count). The Hall–Kier alpha value is -2.40. The zero-order valence-corrected chi connectivity index (χ0v) is 17.7. The maximum Gasteiger partial charge on any atom is 0.140 e. The Labute approximate surface area is 175 Å². The maximum atomic E-state index is 14.5. The summed E-state index contributed by atoms with van der Waals surface area (Å²) in [6, 6.07) is 4.73. The summed E-state index contributed by atoms with van der Waals surface area (Å²) in [4.78, 5) is 9.32. The minimum Gasteiger partial charge on any atom is -0.497 e. The van der Waals surface area contributed by atoms with E-state index in [-0.39, 0.29) is 7.24 Å². The van der Waals surface area contributed by atoms with E-state index in [4.69, 9.17) is 9.73 Å². The molecule has 1 aromatic rings. The van der Waals surface area contributed by atoms with Gasteiger partial charge >= 0.3 is 0 Å². The Kier molecular flexibility index (Phi) is 7.64. The second-order valence-corrected chi connectivity index (χ2v) is 7.68. The van der Waals surface area contributed by atoms with Gasteiger partial charge in [0.05, 0.1) is 7.11 Å². The third-order valence-corrected chi connectivity index (χ3v) is 5.59. The van der Waals surface area contributed by atoms with Crippen LogP contribution in [0.1, 0.15) is 45.5 Å². The molecule has 4 nitrogen and oxygen atoms in total. The number of benzene rings is 1. The molecule has 158 valence electrons. The number of piperidine rings is 1. The highest BCUT2D eigenvalue weighted by Gasteiger charge is 2.17. The number of hydrogen-bond acceptors (Lipinski definition) is 4. The van der Waals surface area contributed by atoms with Crippen LogP contribution in [0.25, 0.3) is 5.57 Å². The smallest absolute Gasteiger partial charge is 0.140 e. The molecule has 0 unspecified atom stereocenters. The zero-order valence-electron chi connectivity index (χ0n) is 17.7. The van der Waals surface area contributed by atoms with Crippen LogP contribution in [-0.2, 0) is 0 Å². The molecule has 0 amide bonds. The van der Waals surface area contributed by atoms with Crippen molar-refractivity contribution in [2.45, 2.75) is 38.5 Å². The van der Waals surface area contributed by atoms with Crippen LogP contribution in [0.2, 0.25) is 0 Å². The van der Waals surface area contributed by atoms with Crippen molar-refractivity contribution in [1.29, 1.82) is 0 Å². The molecule has 1 fully saturated rings. The summed E-state index contributed by atoms with van der Waals surface area (Å²) < 4.78 is 19.8. The fraction of sp³-hybridized carbons (Fsp3) is 0.458. The van der Waals surface area contributed by atoms with Crippen LogP contribution in [0.4, 0.5) is 4.39 Å². The largest absolute Gasteiger partial charge is 0.497 e. The summed E-state index contributed by atoms with van der Waals surface area (Å²) in [6.07, 6.45) is 13.0. The molecule has 0 aromatic heterocycles. The van der Waals surface area contributed by atoms with Gasteiger partial charge in [0, 0.05) is 31.5 Å². The molecule has 0 bridgehead atoms. The van der Waals surface area contributed by atoms with Crippen LogP contribution >= 0.6 is 0 Å². The van der Waals surface area contributed by atoms with E-state index in [1.807, 2.05) is 24.2 Å². The third-order valence-electron chi connectivity index (χ3n) is 5.59. The average molecular weight is 400 g/mol. The number of rotatable bonds is 8. The number of nitrogens with zero attached hydrogens (tertiary/aromatic N) is 3. The van der Waals surface area contributed by atoms with E-state index in [1.54, 1.807) is 25.3 Å². The summed E-state index contributed by atoms with van der Waals surface area (Å²) in [7, 11) is 3.50. The van der Waals surface area contributed by atoms with Gasteiger partial charge in [-0.05, 0) is 76.0 Å². The first-order chi connectivity index (χ1) is 14.1. The van der Waals surface area contributed by atoms with Crippen molar-refractivity contribution in [3.63, 3.8) is 0 Å². The SMILES string of the molecule is C=C/C(=C1/N=C(CCCCN2CCCCC2)C=CN1C)c1cc(OC)ccc1F.[HH]. The van der Waals surface area contributed by atoms with Gasteiger partial charge < -0.3 is 14.5 Å². The van der Waals surface area contributed by atoms with Gasteiger partial charge in [-0.25, -0.2) is 9.38 Å². The lowest BCUT2D eigenvalue weighted by molar-refractivity contribution is 0.225. The fourth-order valence-electron chi connectivity index (χ4n) is 3.89. The molecule has 2 heterocycles. The van der Waals surface area contributed by atoms with Crippen molar-refractivity contribution in [2.24, 2.45) is 4.99 Å². The lowest BCUT2D eigenvalue weighted by Gasteiger charge is -2.26. The van der Waals surface area contributed by atoms with Crippen LogP contribution < -0.4 is 4.74 Å². The predicted molar refractivity (Wildman–Crippen MR) is 121 cm³/mol. The van der Waals surface area contributed by atoms with Gasteiger partial charge in [0.25, 0.3) is 0 Å². The molecule has 0 saturated carbocycles. The van der Waals surface area contributed by atoms with Crippen LogP contribution in [0, 0.1) is 5.82 Å². The highest BCUT2D eigenvalue weighted by atomic mass is 19.1. The summed E-state index contributed by atoms with van der Waals surface area (Å²) in [5.74, 6) is 1.01. The van der Waals surface area contributed by atoms with E-state index in [1.165, 1.54) is 51.4 Å². The molecule has 0 aliphatic carbocycles. The number of aliphatic imine (C=N–C) groups is 1. The highest BCUT2D eigenvalue weighted by molar-refractivity contribution is 5.97. The van der Waals surface area contributed by atoms with Crippen LogP contribution in [0.3, 0.4) is 0 Å². The van der Waals surface area contributed by atoms with E-state index < -0.39 is 0 Å². The molecular formula is C24H34FN3O. The van der Waals surface area contributed by atoms with Crippen molar-refractivity contribution in [3.8, 4) is 5.75 Å². The van der Waals surface area contributed by atoms with Crippen LogP contribution in [-0.4, -0.2) is 49.3 Å². The Balaban J connectivity index is 0.00000320. The molecule has 1 aromatic carbocycles. The van der Waals surface area contributed by atoms with E-state index >= 15 is 0 Å². The van der Waals surface area contributed by atoms with E-state index in [9.17, 15) is 4.39 Å². The summed E-state index contributed by atoms with van der Waals surface area (Å²) in [5, 5.41) is 0. The van der Waals surface area contributed by atoms with E-state index in [2.05, 4.69) is 11.5 Å². The van der Waals surface area contributed by atoms with Crippen molar-refractivity contribution in [1.82, 2.24) is 9.80 Å². The van der Waals surface area contributed by atoms with Crippen LogP contribution in [0.15, 0.2) is 53.9 Å². The number of unbranched alkanes of at least 4 members (excludes halogenated alkanes) is 1. The summed E-state index contributed by atoms with van der Waals surface area (Å²) >= 11 is 0. The minimum atomic E-state index is -0.311. The van der Waals surface area contributed by atoms with Gasteiger partial charge in [0.1, 0.15) is 17.4 Å². The van der Waals surface area contributed by atoms with Crippen LogP contribution in [0.5, 0.6) is 5.75 Å². The van der Waals surface area contributed by atoms with Gasteiger partial charge in [0.15, 0.2) is 0 Å². The number of allylic oxidation sites excluding steroid dienone is 3. The summed E-state index contributed by atoms with van der Waals surface area (Å²) in [6.45, 7) is 7.56. The molecule has 2 aliphatic heterocycles. The molecule has 2 aliphatic rings. The lowest BCUT2D eigenvalue weighted by atomic mass is 10.0. The molecule has 0 N–H and O–H groups in total. The number of likely N-dealkylation sites (tertiary alicyclic amines) is 1. The molecule has 1 saturated heterocycles. The van der Waals surface area contributed by atoms with Crippen molar-refractivity contribution >= 4 is 11.3 Å². The second kappa shape index (κ2) is 10.4. The normalized spacial score (nSPS) is 19.1. The monoisotopic (exact) mass is 399 g/mol. The molecule has 0 atom stereocenters. The molecule has 29 heavy (non-hydrogen) atoms. The molecule has 0 spiro atoms. The van der Waals surface area contributed by atoms with Gasteiger partial charge in [-0.1, -0.05) is 19.1 Å². The molecule has 5 heteroatoms. The molecule has 0 radical (unpaired) electrons. The van der Waals surface area contributed by atoms with Crippen molar-refractivity contribution in [3.05, 3.63) is 60.3 Å². The Morgan fingerprint density at radius 3 is 2.79 bits per heavy atom. The predicted octanol–water partition coefficient (Wildman–Crippen LogP) is 5.49. The zero-order chi connectivity index (χ0) is 20.6. The fourth-order valence-corrected chi connectivity index (χ4v) is 3.89. The first-order valence-electron chi connectivity index (χ1n) is 10.5. The third kappa shape index (κ3) is 5.57. The first-order valence-corrected chi connectivity index (χ1v) is 10.5. The van der Waals surface area contributed by atoms with E-state index in [0.717, 1.165) is 18.6 Å². The lowest BCUT2D eigenvalue weighted by Crippen LogP contribution is -2.30. The average Bonchev–Trinajstić information content (AvgIpc) is 2.75. The first kappa shape index (κ1) is 21.3. The van der Waals surface area contributed by atoms with Crippen molar-refractivity contribution < 1.29 is 10.6 Å². The van der Waals surface area contributed by atoms with Gasteiger partial charge in [-0.2, -0.15) is 0 Å². The molecular weight excluding hydrogens is 365 g/mol. The Morgan fingerprint density at radius 1 is 1.28 bits per heavy atom. The topological polar surface area (TPSA) is 28.1 Å². The minimum absolute atomic E-state index is 0.